The summed E-state index contributed by atoms with van der Waals surface area (Å²) in [7, 11) is 0. The van der Waals surface area contributed by atoms with Gasteiger partial charge in [0.1, 0.15) is 0 Å². The average Bonchev–Trinajstić information content (AvgIpc) is 2.06. The Morgan fingerprint density at radius 2 is 2.45 bits per heavy atom. The number of hydrogen-bond donors (Lipinski definition) is 1. The van der Waals surface area contributed by atoms with E-state index in [0.717, 1.165) is 5.56 Å². The number of hydroxylamine groups is 2. The smallest absolute Gasteiger partial charge is 0.0503 e. The molecule has 0 bridgehead atoms. The second-order valence-corrected chi connectivity index (χ2v) is 2.34. The maximum Gasteiger partial charge on any atom is 0.0503 e. The Morgan fingerprint density at radius 1 is 1.64 bits per heavy atom. The molecular weight excluding hydrogens is 140 g/mol. The molecule has 3 nitrogen and oxygen atoms in total. The van der Waals surface area contributed by atoms with Crippen LogP contribution in [0.3, 0.4) is 0 Å². The summed E-state index contributed by atoms with van der Waals surface area (Å²) in [5.41, 5.74) is 1.02. The minimum atomic E-state index is 0.546. The summed E-state index contributed by atoms with van der Waals surface area (Å²) in [5.74, 6) is 0. The highest BCUT2D eigenvalue weighted by molar-refractivity contribution is 5.07. The highest BCUT2D eigenvalue weighted by atomic mass is 16.5. The van der Waals surface area contributed by atoms with Gasteiger partial charge in [-0.2, -0.15) is 5.06 Å². The molecule has 1 N–H and O–H groups in total. The first-order valence-electron chi connectivity index (χ1n) is 3.65. The fourth-order valence-electron chi connectivity index (χ4n) is 0.814. The third-order valence-electron chi connectivity index (χ3n) is 1.45. The molecule has 0 saturated heterocycles. The van der Waals surface area contributed by atoms with Crippen LogP contribution in [0, 0.1) is 0 Å². The first kappa shape index (κ1) is 8.17. The van der Waals surface area contributed by atoms with Crippen LogP contribution in [0.4, 0.5) is 0 Å². The van der Waals surface area contributed by atoms with Gasteiger partial charge in [-0.25, -0.2) is 0 Å². The number of aromatic nitrogens is 1. The predicted octanol–water partition coefficient (Wildman–Crippen LogP) is 1.29. The molecule has 0 aliphatic heterocycles. The molecule has 0 spiro atoms. The van der Waals surface area contributed by atoms with Crippen LogP contribution >= 0.6 is 0 Å². The van der Waals surface area contributed by atoms with E-state index in [1.165, 1.54) is 5.06 Å². The highest BCUT2D eigenvalue weighted by Gasteiger charge is 1.97. The van der Waals surface area contributed by atoms with E-state index in [9.17, 15) is 0 Å². The van der Waals surface area contributed by atoms with Crippen molar-refractivity contribution in [3.05, 3.63) is 30.1 Å². The third kappa shape index (κ3) is 2.65. The fraction of sp³-hybridized carbons (Fsp3) is 0.375. The van der Waals surface area contributed by atoms with E-state index in [1.54, 1.807) is 12.4 Å². The van der Waals surface area contributed by atoms with E-state index >= 15 is 0 Å². The lowest BCUT2D eigenvalue weighted by Crippen LogP contribution is -2.17. The number of hydrogen-bond acceptors (Lipinski definition) is 3. The number of nitrogens with zero attached hydrogens (tertiary/aromatic N) is 2. The van der Waals surface area contributed by atoms with Gasteiger partial charge < -0.3 is 5.21 Å². The molecule has 3 heteroatoms. The van der Waals surface area contributed by atoms with Crippen LogP contribution < -0.4 is 0 Å². The molecule has 0 aliphatic rings. The second kappa shape index (κ2) is 4.05. The second-order valence-electron chi connectivity index (χ2n) is 2.34. The molecule has 1 heterocycles. The van der Waals surface area contributed by atoms with Gasteiger partial charge in [0.05, 0.1) is 6.54 Å². The van der Waals surface area contributed by atoms with E-state index in [-0.39, 0.29) is 0 Å². The molecule has 0 amide bonds. The van der Waals surface area contributed by atoms with Crippen molar-refractivity contribution in [2.75, 3.05) is 6.54 Å². The van der Waals surface area contributed by atoms with Gasteiger partial charge in [0.25, 0.3) is 0 Å². The minimum Gasteiger partial charge on any atom is -0.314 e. The van der Waals surface area contributed by atoms with Crippen LogP contribution in [0.25, 0.3) is 0 Å². The normalized spacial score (nSPS) is 10.5. The molecular formula is C8H12N2O. The maximum absolute atomic E-state index is 9.12. The van der Waals surface area contributed by atoms with E-state index in [1.807, 2.05) is 19.1 Å². The van der Waals surface area contributed by atoms with E-state index in [2.05, 4.69) is 4.98 Å². The predicted molar refractivity (Wildman–Crippen MR) is 42.1 cm³/mol. The zero-order valence-electron chi connectivity index (χ0n) is 6.57. The van der Waals surface area contributed by atoms with Crippen LogP contribution in [0.1, 0.15) is 12.5 Å². The lowest BCUT2D eigenvalue weighted by Gasteiger charge is -2.10. The monoisotopic (exact) mass is 152 g/mol. The molecule has 0 aliphatic carbocycles. The summed E-state index contributed by atoms with van der Waals surface area (Å²) in [6.45, 7) is 3.08. The summed E-state index contributed by atoms with van der Waals surface area (Å²) >= 11 is 0. The van der Waals surface area contributed by atoms with Crippen LogP contribution in [-0.4, -0.2) is 21.8 Å². The topological polar surface area (TPSA) is 36.4 Å². The Kier molecular flexibility index (Phi) is 3.01. The van der Waals surface area contributed by atoms with Crippen molar-refractivity contribution >= 4 is 0 Å². The van der Waals surface area contributed by atoms with Crippen molar-refractivity contribution in [1.29, 1.82) is 0 Å². The third-order valence-corrected chi connectivity index (χ3v) is 1.45. The highest BCUT2D eigenvalue weighted by Crippen LogP contribution is 1.98. The first-order valence-corrected chi connectivity index (χ1v) is 3.65. The molecule has 0 radical (unpaired) electrons. The van der Waals surface area contributed by atoms with Gasteiger partial charge in [-0.05, 0) is 11.6 Å². The van der Waals surface area contributed by atoms with E-state index in [0.29, 0.717) is 13.1 Å². The van der Waals surface area contributed by atoms with Gasteiger partial charge in [-0.1, -0.05) is 13.0 Å². The van der Waals surface area contributed by atoms with Crippen molar-refractivity contribution in [3.8, 4) is 0 Å². The van der Waals surface area contributed by atoms with Crippen LogP contribution in [0.15, 0.2) is 24.5 Å². The molecule has 1 aromatic heterocycles. The zero-order chi connectivity index (χ0) is 8.10. The Morgan fingerprint density at radius 3 is 3.00 bits per heavy atom. The molecule has 0 atom stereocenters. The lowest BCUT2D eigenvalue weighted by atomic mass is 10.3. The summed E-state index contributed by atoms with van der Waals surface area (Å²) in [6.07, 6.45) is 3.47. The van der Waals surface area contributed by atoms with Gasteiger partial charge >= 0.3 is 0 Å². The van der Waals surface area contributed by atoms with Crippen LogP contribution in [0.2, 0.25) is 0 Å². The van der Waals surface area contributed by atoms with Gasteiger partial charge in [0, 0.05) is 18.9 Å². The molecule has 0 saturated carbocycles. The molecule has 60 valence electrons. The van der Waals surface area contributed by atoms with E-state index in [4.69, 9.17) is 5.21 Å². The van der Waals surface area contributed by atoms with Crippen LogP contribution in [-0.2, 0) is 6.54 Å². The molecule has 1 aromatic rings. The Balaban J connectivity index is 2.51. The Labute approximate surface area is 66.3 Å². The summed E-state index contributed by atoms with van der Waals surface area (Å²) < 4.78 is 0. The standard InChI is InChI=1S/C8H12N2O/c1-2-10(11)7-8-4-3-5-9-6-8/h3-6,11H,2,7H2,1H3. The van der Waals surface area contributed by atoms with Gasteiger partial charge in [0.15, 0.2) is 0 Å². The van der Waals surface area contributed by atoms with Gasteiger partial charge in [-0.3, -0.25) is 4.98 Å². The van der Waals surface area contributed by atoms with Gasteiger partial charge in [0.2, 0.25) is 0 Å². The average molecular weight is 152 g/mol. The fourth-order valence-corrected chi connectivity index (χ4v) is 0.814. The minimum absolute atomic E-state index is 0.546. The van der Waals surface area contributed by atoms with Gasteiger partial charge in [-0.15, -0.1) is 0 Å². The molecule has 0 unspecified atom stereocenters. The number of pyridine rings is 1. The molecule has 11 heavy (non-hydrogen) atoms. The first-order chi connectivity index (χ1) is 5.33. The maximum atomic E-state index is 9.12. The SMILES string of the molecule is CCN(O)Cc1cccnc1. The van der Waals surface area contributed by atoms with Crippen LogP contribution in [0.5, 0.6) is 0 Å². The van der Waals surface area contributed by atoms with Crippen molar-refractivity contribution < 1.29 is 5.21 Å². The Hall–Kier alpha value is -0.930. The molecule has 0 aromatic carbocycles. The van der Waals surface area contributed by atoms with Crippen molar-refractivity contribution in [2.24, 2.45) is 0 Å². The van der Waals surface area contributed by atoms with Crippen molar-refractivity contribution in [2.45, 2.75) is 13.5 Å². The quantitative estimate of drug-likeness (QED) is 0.663. The summed E-state index contributed by atoms with van der Waals surface area (Å²) in [6, 6.07) is 3.80. The van der Waals surface area contributed by atoms with Crippen molar-refractivity contribution in [1.82, 2.24) is 10.0 Å². The molecule has 1 rings (SSSR count). The summed E-state index contributed by atoms with van der Waals surface area (Å²) in [4.78, 5) is 3.93. The zero-order valence-corrected chi connectivity index (χ0v) is 6.57. The lowest BCUT2D eigenvalue weighted by molar-refractivity contribution is -0.0947. The van der Waals surface area contributed by atoms with Crippen molar-refractivity contribution in [3.63, 3.8) is 0 Å². The van der Waals surface area contributed by atoms with E-state index < -0.39 is 0 Å². The summed E-state index contributed by atoms with van der Waals surface area (Å²) in [5, 5.41) is 10.4. The largest absolute Gasteiger partial charge is 0.314 e. The molecule has 0 fully saturated rings. The Bertz CT molecular complexity index is 201. The number of rotatable bonds is 3.